The monoisotopic (exact) mass is 414 g/mol. The van der Waals surface area contributed by atoms with Gasteiger partial charge in [-0.2, -0.15) is 9.67 Å². The molecule has 0 aliphatic carbocycles. The quantitative estimate of drug-likeness (QED) is 0.470. The smallest absolute Gasteiger partial charge is 0.281 e. The number of anilines is 1. The fraction of sp³-hybridized carbons (Fsp3) is 0.240. The molecule has 2 aromatic heterocycles. The molecule has 0 amide bonds. The lowest BCUT2D eigenvalue weighted by Crippen LogP contribution is -2.18. The molecule has 0 saturated carbocycles. The lowest BCUT2D eigenvalue weighted by Gasteiger charge is -2.19. The maximum atomic E-state index is 13.3. The summed E-state index contributed by atoms with van der Waals surface area (Å²) in [5.74, 6) is 1.36. The number of carbonyl (C=O) groups excluding carboxylic acids is 1. The van der Waals surface area contributed by atoms with Gasteiger partial charge in [0.15, 0.2) is 5.82 Å². The normalized spacial score (nSPS) is 11.5. The molecule has 0 aliphatic rings. The van der Waals surface area contributed by atoms with Crippen LogP contribution in [0.15, 0.2) is 71.3 Å². The Morgan fingerprint density at radius 3 is 2.35 bits per heavy atom. The van der Waals surface area contributed by atoms with Gasteiger partial charge in [0.25, 0.3) is 5.91 Å². The summed E-state index contributed by atoms with van der Waals surface area (Å²) in [5.41, 5.74) is 3.73. The van der Waals surface area contributed by atoms with Gasteiger partial charge in [0, 0.05) is 11.1 Å². The molecule has 2 heterocycles. The number of hydrogen-bond donors (Lipinski definition) is 1. The first kappa shape index (κ1) is 20.6. The molecule has 0 saturated heterocycles. The second kappa shape index (κ2) is 8.22. The Morgan fingerprint density at radius 2 is 1.74 bits per heavy atom. The lowest BCUT2D eigenvalue weighted by molar-refractivity contribution is 0.0947. The van der Waals surface area contributed by atoms with Crippen molar-refractivity contribution in [3.63, 3.8) is 0 Å². The molecule has 0 bridgehead atoms. The first-order valence-electron chi connectivity index (χ1n) is 10.3. The molecule has 158 valence electrons. The van der Waals surface area contributed by atoms with Crippen LogP contribution in [0.3, 0.4) is 0 Å². The number of nitrogens with zero attached hydrogens (tertiary/aromatic N) is 3. The number of rotatable bonds is 5. The number of benzene rings is 2. The number of aryl methyl sites for hydroxylation is 1. The van der Waals surface area contributed by atoms with Gasteiger partial charge in [0.05, 0.1) is 12.8 Å². The van der Waals surface area contributed by atoms with E-state index in [1.807, 2.05) is 67.6 Å². The highest BCUT2D eigenvalue weighted by molar-refractivity contribution is 5.97. The molecule has 6 nitrogen and oxygen atoms in total. The summed E-state index contributed by atoms with van der Waals surface area (Å²) in [6.45, 7) is 8.86. The minimum absolute atomic E-state index is 0.0171. The molecular formula is C25H26N4O2. The molecule has 6 heteroatoms. The zero-order chi connectivity index (χ0) is 22.0. The molecule has 0 spiro atoms. The molecule has 2 aromatic carbocycles. The molecular weight excluding hydrogens is 388 g/mol. The summed E-state index contributed by atoms with van der Waals surface area (Å²) in [4.78, 5) is 17.9. The highest BCUT2D eigenvalue weighted by atomic mass is 16.3. The van der Waals surface area contributed by atoms with Crippen molar-refractivity contribution in [2.75, 3.05) is 5.32 Å². The van der Waals surface area contributed by atoms with Gasteiger partial charge in [-0.1, -0.05) is 62.7 Å². The third-order valence-corrected chi connectivity index (χ3v) is 5.11. The van der Waals surface area contributed by atoms with E-state index in [1.165, 1.54) is 10.2 Å². The lowest BCUT2D eigenvalue weighted by atomic mass is 9.87. The van der Waals surface area contributed by atoms with Gasteiger partial charge in [0.1, 0.15) is 5.76 Å². The van der Waals surface area contributed by atoms with Gasteiger partial charge >= 0.3 is 0 Å². The number of aromatic nitrogens is 3. The molecule has 4 aromatic rings. The largest absolute Gasteiger partial charge is 0.467 e. The highest BCUT2D eigenvalue weighted by Crippen LogP contribution is 2.24. The van der Waals surface area contributed by atoms with E-state index >= 15 is 0 Å². The standard InChI is InChI=1S/C25H26N4O2/c1-17-7-9-18(10-8-17)22-27-24(26-16-21-6-5-15-31-21)29(28-22)23(30)19-11-13-20(14-12-19)25(2,3)4/h5-15H,16H2,1-4H3,(H,26,27,28). The van der Waals surface area contributed by atoms with Gasteiger partial charge in [-0.3, -0.25) is 4.79 Å². The zero-order valence-corrected chi connectivity index (χ0v) is 18.2. The van der Waals surface area contributed by atoms with Crippen LogP contribution in [0.25, 0.3) is 11.4 Å². The maximum Gasteiger partial charge on any atom is 0.281 e. The summed E-state index contributed by atoms with van der Waals surface area (Å²) in [7, 11) is 0. The highest BCUT2D eigenvalue weighted by Gasteiger charge is 2.20. The third-order valence-electron chi connectivity index (χ3n) is 5.11. The molecule has 0 atom stereocenters. The van der Waals surface area contributed by atoms with E-state index in [4.69, 9.17) is 4.42 Å². The molecule has 1 N–H and O–H groups in total. The van der Waals surface area contributed by atoms with Crippen molar-refractivity contribution in [2.24, 2.45) is 0 Å². The number of nitrogens with one attached hydrogen (secondary N) is 1. The molecule has 0 radical (unpaired) electrons. The summed E-state index contributed by atoms with van der Waals surface area (Å²) in [6, 6.07) is 19.2. The van der Waals surface area contributed by atoms with Crippen LogP contribution in [0, 0.1) is 6.92 Å². The van der Waals surface area contributed by atoms with Crippen molar-refractivity contribution < 1.29 is 9.21 Å². The molecule has 0 unspecified atom stereocenters. The van der Waals surface area contributed by atoms with Crippen LogP contribution in [0.2, 0.25) is 0 Å². The van der Waals surface area contributed by atoms with Crippen molar-refractivity contribution in [1.29, 1.82) is 0 Å². The first-order valence-corrected chi connectivity index (χ1v) is 10.3. The Balaban J connectivity index is 1.68. The summed E-state index contributed by atoms with van der Waals surface area (Å²) in [6.07, 6.45) is 1.61. The summed E-state index contributed by atoms with van der Waals surface area (Å²) in [5, 5.41) is 7.70. The van der Waals surface area contributed by atoms with E-state index in [1.54, 1.807) is 6.26 Å². The minimum atomic E-state index is -0.242. The second-order valence-corrected chi connectivity index (χ2v) is 8.60. The SMILES string of the molecule is Cc1ccc(-c2nc(NCc3ccco3)n(C(=O)c3ccc(C(C)(C)C)cc3)n2)cc1. The Hall–Kier alpha value is -3.67. The molecule has 31 heavy (non-hydrogen) atoms. The van der Waals surface area contributed by atoms with Crippen LogP contribution in [-0.4, -0.2) is 20.7 Å². The van der Waals surface area contributed by atoms with Crippen LogP contribution in [0.4, 0.5) is 5.95 Å². The molecule has 0 fully saturated rings. The Kier molecular flexibility index (Phi) is 5.46. The van der Waals surface area contributed by atoms with Gasteiger partial charge in [-0.05, 0) is 42.2 Å². The van der Waals surface area contributed by atoms with E-state index in [0.717, 1.165) is 16.9 Å². The predicted octanol–water partition coefficient (Wildman–Crippen LogP) is 5.44. The third kappa shape index (κ3) is 4.58. The first-order chi connectivity index (χ1) is 14.8. The van der Waals surface area contributed by atoms with E-state index in [9.17, 15) is 4.79 Å². The topological polar surface area (TPSA) is 73.0 Å². The summed E-state index contributed by atoms with van der Waals surface area (Å²) >= 11 is 0. The van der Waals surface area contributed by atoms with Crippen molar-refractivity contribution in [2.45, 2.75) is 39.7 Å². The van der Waals surface area contributed by atoms with Gasteiger partial charge in [-0.15, -0.1) is 5.10 Å². The van der Waals surface area contributed by atoms with E-state index < -0.39 is 0 Å². The van der Waals surface area contributed by atoms with Crippen LogP contribution in [0.1, 0.15) is 48.0 Å². The maximum absolute atomic E-state index is 13.3. The average molecular weight is 415 g/mol. The second-order valence-electron chi connectivity index (χ2n) is 8.60. The fourth-order valence-electron chi connectivity index (χ4n) is 3.21. The van der Waals surface area contributed by atoms with E-state index in [0.29, 0.717) is 23.9 Å². The Bertz CT molecular complexity index is 1170. The number of furan rings is 1. The van der Waals surface area contributed by atoms with Crippen molar-refractivity contribution in [3.8, 4) is 11.4 Å². The fourth-order valence-corrected chi connectivity index (χ4v) is 3.21. The van der Waals surface area contributed by atoms with Crippen LogP contribution >= 0.6 is 0 Å². The van der Waals surface area contributed by atoms with Crippen molar-refractivity contribution >= 4 is 11.9 Å². The number of hydrogen-bond acceptors (Lipinski definition) is 5. The van der Waals surface area contributed by atoms with Gasteiger partial charge < -0.3 is 9.73 Å². The van der Waals surface area contributed by atoms with Crippen molar-refractivity contribution in [1.82, 2.24) is 14.8 Å². The zero-order valence-electron chi connectivity index (χ0n) is 18.2. The number of carbonyl (C=O) groups is 1. The van der Waals surface area contributed by atoms with E-state index in [-0.39, 0.29) is 11.3 Å². The van der Waals surface area contributed by atoms with Crippen molar-refractivity contribution in [3.05, 3.63) is 89.4 Å². The average Bonchev–Trinajstić information content (AvgIpc) is 3.42. The van der Waals surface area contributed by atoms with Crippen LogP contribution < -0.4 is 5.32 Å². The molecule has 0 aliphatic heterocycles. The van der Waals surface area contributed by atoms with Crippen LogP contribution in [-0.2, 0) is 12.0 Å². The Labute approximate surface area is 181 Å². The van der Waals surface area contributed by atoms with Crippen LogP contribution in [0.5, 0.6) is 0 Å². The Morgan fingerprint density at radius 1 is 1.03 bits per heavy atom. The minimum Gasteiger partial charge on any atom is -0.467 e. The summed E-state index contributed by atoms with van der Waals surface area (Å²) < 4.78 is 6.71. The molecule has 4 rings (SSSR count). The van der Waals surface area contributed by atoms with Gasteiger partial charge in [-0.25, -0.2) is 0 Å². The van der Waals surface area contributed by atoms with Gasteiger partial charge in [0.2, 0.25) is 5.95 Å². The van der Waals surface area contributed by atoms with E-state index in [2.05, 4.69) is 36.2 Å². The predicted molar refractivity (Wildman–Crippen MR) is 121 cm³/mol.